The molecule has 120 valence electrons. The highest BCUT2D eigenvalue weighted by molar-refractivity contribution is 14.1. The Hall–Kier alpha value is -1.68. The van der Waals surface area contributed by atoms with Gasteiger partial charge in [-0.2, -0.15) is 0 Å². The molecule has 2 heterocycles. The molecular weight excluding hydrogens is 534 g/mol. The van der Waals surface area contributed by atoms with Crippen molar-refractivity contribution < 1.29 is 8.83 Å². The molecule has 0 aliphatic heterocycles. The van der Waals surface area contributed by atoms with Gasteiger partial charge in [-0.05, 0) is 69.4 Å². The van der Waals surface area contributed by atoms with E-state index in [4.69, 9.17) is 8.83 Å². The van der Waals surface area contributed by atoms with Gasteiger partial charge >= 0.3 is 0 Å². The predicted molar refractivity (Wildman–Crippen MR) is 110 cm³/mol. The Kier molecular flexibility index (Phi) is 5.34. The van der Waals surface area contributed by atoms with Crippen LogP contribution in [0.1, 0.15) is 0 Å². The topological polar surface area (TPSA) is 60.4 Å². The zero-order valence-electron chi connectivity index (χ0n) is 12.2. The molecule has 0 N–H and O–H groups in total. The van der Waals surface area contributed by atoms with E-state index in [2.05, 4.69) is 0 Å². The van der Waals surface area contributed by atoms with E-state index in [1.165, 1.54) is 12.1 Å². The number of fused-ring (bicyclic) bond motifs is 2. The van der Waals surface area contributed by atoms with E-state index in [-0.39, 0.29) is 10.9 Å². The number of rotatable bonds is 0. The minimum atomic E-state index is 0.0150. The van der Waals surface area contributed by atoms with E-state index < -0.39 is 0 Å². The fourth-order valence-electron chi connectivity index (χ4n) is 2.15. The Morgan fingerprint density at radius 3 is 1.42 bits per heavy atom. The zero-order valence-corrected chi connectivity index (χ0v) is 16.5. The molecule has 4 nitrogen and oxygen atoms in total. The summed E-state index contributed by atoms with van der Waals surface area (Å²) in [5.74, 6) is 0. The van der Waals surface area contributed by atoms with Crippen LogP contribution in [0, 0.1) is 7.53 Å². The predicted octanol–water partition coefficient (Wildman–Crippen LogP) is 4.80. The van der Waals surface area contributed by atoms with E-state index in [1.807, 2.05) is 69.4 Å². The second-order valence-corrected chi connectivity index (χ2v) is 6.95. The van der Waals surface area contributed by atoms with E-state index in [0.29, 0.717) is 29.5 Å². The monoisotopic (exact) mass is 544 g/mol. The SMILES string of the molecule is O=c1cc(I)oc2ccccc12.O=c1cc(I)oc2ccccc12. The van der Waals surface area contributed by atoms with Crippen LogP contribution in [0.5, 0.6) is 0 Å². The van der Waals surface area contributed by atoms with Crippen molar-refractivity contribution in [1.29, 1.82) is 0 Å². The molecule has 0 amide bonds. The highest BCUT2D eigenvalue weighted by Crippen LogP contribution is 2.13. The Bertz CT molecular complexity index is 1040. The third-order valence-electron chi connectivity index (χ3n) is 3.21. The fraction of sp³-hybridized carbons (Fsp3) is 0. The summed E-state index contributed by atoms with van der Waals surface area (Å²) in [4.78, 5) is 22.7. The van der Waals surface area contributed by atoms with Crippen molar-refractivity contribution in [3.8, 4) is 0 Å². The van der Waals surface area contributed by atoms with Gasteiger partial charge in [0.1, 0.15) is 11.2 Å². The van der Waals surface area contributed by atoms with E-state index >= 15 is 0 Å². The molecule has 6 heteroatoms. The van der Waals surface area contributed by atoms with E-state index in [9.17, 15) is 9.59 Å². The molecule has 4 aromatic rings. The minimum absolute atomic E-state index is 0.0150. The Labute approximate surface area is 163 Å². The third-order valence-corrected chi connectivity index (χ3v) is 4.27. The molecule has 4 rings (SSSR count). The fourth-order valence-corrected chi connectivity index (χ4v) is 3.19. The lowest BCUT2D eigenvalue weighted by molar-refractivity contribution is 0.569. The third kappa shape index (κ3) is 3.86. The standard InChI is InChI=1S/2C9H5IO2/c2*10-9-5-7(11)6-3-1-2-4-8(6)12-9/h2*1-5H. The van der Waals surface area contributed by atoms with Crippen molar-refractivity contribution in [2.75, 3.05) is 0 Å². The van der Waals surface area contributed by atoms with Gasteiger partial charge in [0.15, 0.2) is 18.4 Å². The quantitative estimate of drug-likeness (QED) is 0.299. The normalized spacial score (nSPS) is 10.4. The summed E-state index contributed by atoms with van der Waals surface area (Å²) in [6, 6.07) is 17.4. The first kappa shape index (κ1) is 17.2. The molecule has 0 unspecified atom stereocenters. The first-order valence-corrected chi connectivity index (χ1v) is 9.07. The molecule has 2 aromatic heterocycles. The first-order chi connectivity index (χ1) is 11.5. The number of para-hydroxylation sites is 2. The summed E-state index contributed by atoms with van der Waals surface area (Å²) >= 11 is 3.97. The lowest BCUT2D eigenvalue weighted by Crippen LogP contribution is -1.99. The molecule has 0 atom stereocenters. The maximum atomic E-state index is 11.3. The highest BCUT2D eigenvalue weighted by atomic mass is 127. The molecule has 0 saturated carbocycles. The smallest absolute Gasteiger partial charge is 0.193 e. The molecule has 24 heavy (non-hydrogen) atoms. The Balaban J connectivity index is 0.000000141. The maximum absolute atomic E-state index is 11.3. The number of hydrogen-bond acceptors (Lipinski definition) is 4. The minimum Gasteiger partial charge on any atom is -0.450 e. The first-order valence-electron chi connectivity index (χ1n) is 6.91. The molecule has 0 aliphatic carbocycles. The van der Waals surface area contributed by atoms with Crippen LogP contribution < -0.4 is 10.9 Å². The molecule has 0 aliphatic rings. The van der Waals surface area contributed by atoms with Crippen LogP contribution >= 0.6 is 45.2 Å². The number of hydrogen-bond donors (Lipinski definition) is 0. The van der Waals surface area contributed by atoms with Crippen molar-refractivity contribution in [3.05, 3.63) is 88.6 Å². The summed E-state index contributed by atoms with van der Waals surface area (Å²) in [7, 11) is 0. The Morgan fingerprint density at radius 2 is 1.00 bits per heavy atom. The van der Waals surface area contributed by atoms with Gasteiger partial charge in [-0.1, -0.05) is 24.3 Å². The number of benzene rings is 2. The summed E-state index contributed by atoms with van der Waals surface area (Å²) in [5, 5.41) is 1.27. The molecule has 0 spiro atoms. The summed E-state index contributed by atoms with van der Waals surface area (Å²) in [5.41, 5.74) is 1.33. The lowest BCUT2D eigenvalue weighted by atomic mass is 10.2. The van der Waals surface area contributed by atoms with Crippen LogP contribution in [0.25, 0.3) is 21.9 Å². The van der Waals surface area contributed by atoms with Gasteiger partial charge in [-0.3, -0.25) is 9.59 Å². The van der Waals surface area contributed by atoms with Gasteiger partial charge < -0.3 is 8.83 Å². The van der Waals surface area contributed by atoms with Crippen molar-refractivity contribution in [2.45, 2.75) is 0 Å². The van der Waals surface area contributed by atoms with E-state index in [1.54, 1.807) is 24.3 Å². The molecule has 0 bridgehead atoms. The van der Waals surface area contributed by atoms with Crippen molar-refractivity contribution >= 4 is 67.1 Å². The Morgan fingerprint density at radius 1 is 0.625 bits per heavy atom. The van der Waals surface area contributed by atoms with Crippen LogP contribution in [0.2, 0.25) is 0 Å². The molecular formula is C18H10I2O4. The van der Waals surface area contributed by atoms with Gasteiger partial charge in [0.05, 0.1) is 10.8 Å². The second-order valence-electron chi connectivity index (χ2n) is 4.82. The summed E-state index contributed by atoms with van der Waals surface area (Å²) < 4.78 is 11.9. The average molecular weight is 544 g/mol. The van der Waals surface area contributed by atoms with Crippen molar-refractivity contribution in [2.24, 2.45) is 0 Å². The van der Waals surface area contributed by atoms with Crippen molar-refractivity contribution in [3.63, 3.8) is 0 Å². The zero-order chi connectivity index (χ0) is 17.1. The maximum Gasteiger partial charge on any atom is 0.193 e. The van der Waals surface area contributed by atoms with Gasteiger partial charge in [0, 0.05) is 12.1 Å². The molecule has 0 fully saturated rings. The average Bonchev–Trinajstić information content (AvgIpc) is 2.55. The van der Waals surface area contributed by atoms with Gasteiger partial charge in [-0.25, -0.2) is 0 Å². The molecule has 0 saturated heterocycles. The van der Waals surface area contributed by atoms with Crippen LogP contribution in [0.15, 0.2) is 79.1 Å². The molecule has 2 aromatic carbocycles. The lowest BCUT2D eigenvalue weighted by Gasteiger charge is -1.94. The second kappa shape index (κ2) is 7.47. The van der Waals surface area contributed by atoms with Crippen LogP contribution in [-0.2, 0) is 0 Å². The van der Waals surface area contributed by atoms with Crippen LogP contribution in [0.3, 0.4) is 0 Å². The van der Waals surface area contributed by atoms with E-state index in [0.717, 1.165) is 0 Å². The van der Waals surface area contributed by atoms with Crippen LogP contribution in [0.4, 0.5) is 0 Å². The van der Waals surface area contributed by atoms with Gasteiger partial charge in [-0.15, -0.1) is 0 Å². The largest absolute Gasteiger partial charge is 0.450 e. The summed E-state index contributed by atoms with van der Waals surface area (Å²) in [6.45, 7) is 0. The summed E-state index contributed by atoms with van der Waals surface area (Å²) in [6.07, 6.45) is 0. The highest BCUT2D eigenvalue weighted by Gasteiger charge is 2.00. The number of halogens is 2. The van der Waals surface area contributed by atoms with Gasteiger partial charge in [0.25, 0.3) is 0 Å². The van der Waals surface area contributed by atoms with Gasteiger partial charge in [0.2, 0.25) is 0 Å². The van der Waals surface area contributed by atoms with Crippen LogP contribution in [-0.4, -0.2) is 0 Å². The molecule has 0 radical (unpaired) electrons. The van der Waals surface area contributed by atoms with Crippen molar-refractivity contribution in [1.82, 2.24) is 0 Å².